The Labute approximate surface area is 115 Å². The molecule has 0 bridgehead atoms. The van der Waals surface area contributed by atoms with Crippen molar-refractivity contribution in [3.63, 3.8) is 0 Å². The van der Waals surface area contributed by atoms with Crippen LogP contribution in [0.4, 0.5) is 0 Å². The van der Waals surface area contributed by atoms with Crippen LogP contribution in [0.15, 0.2) is 0 Å². The van der Waals surface area contributed by atoms with Crippen molar-refractivity contribution in [2.24, 2.45) is 13.0 Å². The molecule has 1 amide bonds. The smallest absolute Gasteiger partial charge is 0.223 e. The lowest BCUT2D eigenvalue weighted by molar-refractivity contribution is -0.124. The summed E-state index contributed by atoms with van der Waals surface area (Å²) in [7, 11) is 3.85. The minimum atomic E-state index is -0.0174. The molecule has 108 valence electrons. The molecule has 2 N–H and O–H groups in total. The maximum atomic E-state index is 12.0. The van der Waals surface area contributed by atoms with Crippen LogP contribution in [-0.4, -0.2) is 35.8 Å². The van der Waals surface area contributed by atoms with Crippen LogP contribution < -0.4 is 10.6 Å². The summed E-state index contributed by atoms with van der Waals surface area (Å²) in [5.41, 5.74) is 3.36. The molecule has 1 rings (SSSR count). The maximum absolute atomic E-state index is 12.0. The van der Waals surface area contributed by atoms with Gasteiger partial charge < -0.3 is 10.6 Å². The lowest BCUT2D eigenvalue weighted by atomic mass is 9.99. The van der Waals surface area contributed by atoms with Gasteiger partial charge in [0.25, 0.3) is 0 Å². The Kier molecular flexibility index (Phi) is 6.02. The number of hydrogen-bond acceptors (Lipinski definition) is 3. The van der Waals surface area contributed by atoms with Crippen molar-refractivity contribution in [1.29, 1.82) is 0 Å². The van der Waals surface area contributed by atoms with Crippen LogP contribution in [0.5, 0.6) is 0 Å². The second kappa shape index (κ2) is 7.28. The van der Waals surface area contributed by atoms with Gasteiger partial charge in [-0.15, -0.1) is 0 Å². The second-order valence-corrected chi connectivity index (χ2v) is 5.13. The van der Waals surface area contributed by atoms with E-state index in [1.807, 2.05) is 39.5 Å². The van der Waals surface area contributed by atoms with E-state index in [9.17, 15) is 4.79 Å². The van der Waals surface area contributed by atoms with Crippen LogP contribution in [0, 0.1) is 19.8 Å². The molecular weight excluding hydrogens is 240 g/mol. The Morgan fingerprint density at radius 1 is 1.37 bits per heavy atom. The number of rotatable bonds is 7. The van der Waals surface area contributed by atoms with E-state index in [1.165, 1.54) is 5.56 Å². The summed E-state index contributed by atoms with van der Waals surface area (Å²) in [4.78, 5) is 12.0. The molecular formula is C14H26N4O. The zero-order valence-electron chi connectivity index (χ0n) is 12.7. The average molecular weight is 266 g/mol. The molecule has 0 spiro atoms. The lowest BCUT2D eigenvalue weighted by Gasteiger charge is -2.12. The van der Waals surface area contributed by atoms with Gasteiger partial charge in [-0.25, -0.2) is 0 Å². The number of hydrogen-bond donors (Lipinski definition) is 2. The highest BCUT2D eigenvalue weighted by Crippen LogP contribution is 2.16. The van der Waals surface area contributed by atoms with Gasteiger partial charge in [-0.05, 0) is 45.8 Å². The van der Waals surface area contributed by atoms with E-state index in [1.54, 1.807) is 0 Å². The molecule has 1 atom stereocenters. The monoisotopic (exact) mass is 266 g/mol. The highest BCUT2D eigenvalue weighted by atomic mass is 16.1. The van der Waals surface area contributed by atoms with Crippen molar-refractivity contribution < 1.29 is 4.79 Å². The van der Waals surface area contributed by atoms with Crippen molar-refractivity contribution in [3.8, 4) is 0 Å². The third-order valence-corrected chi connectivity index (χ3v) is 3.52. The van der Waals surface area contributed by atoms with Gasteiger partial charge >= 0.3 is 0 Å². The Hall–Kier alpha value is -1.36. The molecule has 0 saturated carbocycles. The molecule has 1 aromatic heterocycles. The Bertz CT molecular complexity index is 425. The van der Waals surface area contributed by atoms with Gasteiger partial charge in [-0.3, -0.25) is 9.48 Å². The zero-order valence-corrected chi connectivity index (χ0v) is 12.7. The fourth-order valence-electron chi connectivity index (χ4n) is 2.16. The number of nitrogens with zero attached hydrogens (tertiary/aromatic N) is 2. The van der Waals surface area contributed by atoms with Crippen LogP contribution in [0.3, 0.4) is 0 Å². The predicted octanol–water partition coefficient (Wildman–Crippen LogP) is 0.941. The summed E-state index contributed by atoms with van der Waals surface area (Å²) in [6.07, 6.45) is 1.71. The van der Waals surface area contributed by atoms with Gasteiger partial charge in [0.2, 0.25) is 5.91 Å². The van der Waals surface area contributed by atoms with Crippen molar-refractivity contribution in [2.75, 3.05) is 20.1 Å². The summed E-state index contributed by atoms with van der Waals surface area (Å²) < 4.78 is 1.88. The van der Waals surface area contributed by atoms with E-state index in [4.69, 9.17) is 0 Å². The molecule has 0 aliphatic carbocycles. The van der Waals surface area contributed by atoms with E-state index < -0.39 is 0 Å². The number of aryl methyl sites for hydroxylation is 2. The van der Waals surface area contributed by atoms with Crippen molar-refractivity contribution in [3.05, 3.63) is 17.0 Å². The lowest BCUT2D eigenvalue weighted by Crippen LogP contribution is -2.32. The topological polar surface area (TPSA) is 58.9 Å². The average Bonchev–Trinajstić information content (AvgIpc) is 2.61. The van der Waals surface area contributed by atoms with E-state index >= 15 is 0 Å². The summed E-state index contributed by atoms with van der Waals surface area (Å²) in [6.45, 7) is 7.68. The second-order valence-electron chi connectivity index (χ2n) is 5.13. The van der Waals surface area contributed by atoms with Crippen LogP contribution in [0.2, 0.25) is 0 Å². The fourth-order valence-corrected chi connectivity index (χ4v) is 2.16. The maximum Gasteiger partial charge on any atom is 0.223 e. The molecule has 0 aromatic carbocycles. The van der Waals surface area contributed by atoms with Crippen LogP contribution in [-0.2, 0) is 18.3 Å². The van der Waals surface area contributed by atoms with E-state index in [-0.39, 0.29) is 11.8 Å². The molecule has 1 heterocycles. The van der Waals surface area contributed by atoms with Crippen molar-refractivity contribution >= 4 is 5.91 Å². The molecule has 0 aliphatic heterocycles. The Morgan fingerprint density at radius 3 is 2.58 bits per heavy atom. The fraction of sp³-hybridized carbons (Fsp3) is 0.714. The van der Waals surface area contributed by atoms with Crippen LogP contribution >= 0.6 is 0 Å². The first-order chi connectivity index (χ1) is 8.97. The van der Waals surface area contributed by atoms with E-state index in [0.29, 0.717) is 0 Å². The van der Waals surface area contributed by atoms with Gasteiger partial charge in [0.1, 0.15) is 0 Å². The number of amides is 1. The molecule has 0 aliphatic rings. The third-order valence-electron chi connectivity index (χ3n) is 3.52. The first kappa shape index (κ1) is 15.7. The quantitative estimate of drug-likeness (QED) is 0.722. The molecule has 1 unspecified atom stereocenters. The number of aromatic nitrogens is 2. The van der Waals surface area contributed by atoms with Gasteiger partial charge in [-0.2, -0.15) is 5.10 Å². The molecule has 1 aromatic rings. The third kappa shape index (κ3) is 4.35. The van der Waals surface area contributed by atoms with Crippen LogP contribution in [0.25, 0.3) is 0 Å². The van der Waals surface area contributed by atoms with Crippen LogP contribution in [0.1, 0.15) is 30.3 Å². The number of carbonyl (C=O) groups excluding carboxylic acids is 1. The van der Waals surface area contributed by atoms with Gasteiger partial charge in [0.05, 0.1) is 5.69 Å². The van der Waals surface area contributed by atoms with E-state index in [0.717, 1.165) is 37.3 Å². The summed E-state index contributed by atoms with van der Waals surface area (Å²) in [5.74, 6) is 0.106. The predicted molar refractivity (Wildman–Crippen MR) is 77.1 cm³/mol. The van der Waals surface area contributed by atoms with Crippen molar-refractivity contribution in [1.82, 2.24) is 20.4 Å². The molecule has 0 saturated heterocycles. The Balaban J connectivity index is 2.49. The molecule has 5 heteroatoms. The zero-order chi connectivity index (χ0) is 14.4. The minimum Gasteiger partial charge on any atom is -0.356 e. The number of carbonyl (C=O) groups is 1. The first-order valence-corrected chi connectivity index (χ1v) is 6.88. The SMILES string of the molecule is CNCCCNC(=O)C(C)Cc1c(C)nn(C)c1C. The summed E-state index contributed by atoms with van der Waals surface area (Å²) in [5, 5.41) is 10.4. The van der Waals surface area contributed by atoms with Crippen molar-refractivity contribution in [2.45, 2.75) is 33.6 Å². The normalized spacial score (nSPS) is 12.5. The van der Waals surface area contributed by atoms with E-state index in [2.05, 4.69) is 15.7 Å². The highest BCUT2D eigenvalue weighted by molar-refractivity contribution is 5.78. The van der Waals surface area contributed by atoms with Gasteiger partial charge in [0, 0.05) is 25.2 Å². The largest absolute Gasteiger partial charge is 0.356 e. The first-order valence-electron chi connectivity index (χ1n) is 6.88. The number of nitrogens with one attached hydrogen (secondary N) is 2. The standard InChI is InChI=1S/C14H26N4O/c1-10(14(19)16-8-6-7-15-4)9-13-11(2)17-18(5)12(13)3/h10,15H,6-9H2,1-5H3,(H,16,19). The van der Waals surface area contributed by atoms with Gasteiger partial charge in [0.15, 0.2) is 0 Å². The molecule has 19 heavy (non-hydrogen) atoms. The van der Waals surface area contributed by atoms with Gasteiger partial charge in [-0.1, -0.05) is 6.92 Å². The highest BCUT2D eigenvalue weighted by Gasteiger charge is 2.17. The minimum absolute atomic E-state index is 0.0174. The molecule has 0 radical (unpaired) electrons. The summed E-state index contributed by atoms with van der Waals surface area (Å²) in [6, 6.07) is 0. The Morgan fingerprint density at radius 2 is 2.05 bits per heavy atom. The molecule has 0 fully saturated rings. The molecule has 5 nitrogen and oxygen atoms in total. The summed E-state index contributed by atoms with van der Waals surface area (Å²) >= 11 is 0.